The molecule has 2 aromatic carbocycles. The van der Waals surface area contributed by atoms with Crippen molar-refractivity contribution in [2.75, 3.05) is 12.4 Å². The molecule has 1 N–H and O–H groups in total. The molecule has 2 atom stereocenters. The smallest absolute Gasteiger partial charge is 0.258 e. The van der Waals surface area contributed by atoms with Gasteiger partial charge in [0, 0.05) is 11.7 Å². The molecule has 0 saturated heterocycles. The molecule has 0 bridgehead atoms. The minimum absolute atomic E-state index is 0.0654. The third kappa shape index (κ3) is 2.88. The van der Waals surface area contributed by atoms with E-state index in [4.69, 9.17) is 4.74 Å². The largest absolute Gasteiger partial charge is 0.496 e. The molecular weight excluding hydrogens is 368 g/mol. The van der Waals surface area contributed by atoms with Gasteiger partial charge in [-0.3, -0.25) is 4.79 Å². The first-order chi connectivity index (χ1) is 11.6. The second-order valence-electron chi connectivity index (χ2n) is 5.96. The van der Waals surface area contributed by atoms with Crippen LogP contribution in [0.5, 0.6) is 5.75 Å². The van der Waals surface area contributed by atoms with E-state index >= 15 is 0 Å². The summed E-state index contributed by atoms with van der Waals surface area (Å²) in [6.07, 6.45) is 0.688. The van der Waals surface area contributed by atoms with Gasteiger partial charge >= 0.3 is 0 Å². The molecule has 4 nitrogen and oxygen atoms in total. The van der Waals surface area contributed by atoms with Gasteiger partial charge < -0.3 is 15.0 Å². The highest BCUT2D eigenvalue weighted by Gasteiger charge is 2.35. The zero-order valence-corrected chi connectivity index (χ0v) is 15.6. The monoisotopic (exact) mass is 388 g/mol. The number of ether oxygens (including phenoxy) is 1. The van der Waals surface area contributed by atoms with Gasteiger partial charge in [0.2, 0.25) is 0 Å². The molecule has 1 heterocycles. The average Bonchev–Trinajstić information content (AvgIpc) is 2.61. The van der Waals surface area contributed by atoms with Crippen LogP contribution < -0.4 is 10.1 Å². The van der Waals surface area contributed by atoms with Crippen LogP contribution in [-0.4, -0.2) is 24.0 Å². The summed E-state index contributed by atoms with van der Waals surface area (Å²) in [5, 5.41) is 3.52. The first-order valence-electron chi connectivity index (χ1n) is 8.08. The normalized spacial score (nSPS) is 17.9. The number of amides is 1. The molecule has 126 valence electrons. The number of rotatable bonds is 4. The van der Waals surface area contributed by atoms with Crippen LogP contribution >= 0.6 is 15.9 Å². The number of anilines is 1. The van der Waals surface area contributed by atoms with Gasteiger partial charge in [-0.1, -0.05) is 25.1 Å². The Hall–Kier alpha value is -2.01. The van der Waals surface area contributed by atoms with Crippen molar-refractivity contribution < 1.29 is 9.53 Å². The highest BCUT2D eigenvalue weighted by Crippen LogP contribution is 2.37. The number of hydrogen-bond acceptors (Lipinski definition) is 3. The first kappa shape index (κ1) is 16.8. The molecule has 0 radical (unpaired) electrons. The molecule has 0 unspecified atom stereocenters. The Kier molecular flexibility index (Phi) is 4.81. The van der Waals surface area contributed by atoms with Gasteiger partial charge in [0.15, 0.2) is 0 Å². The maximum Gasteiger partial charge on any atom is 0.258 e. The number of nitrogens with zero attached hydrogens (tertiary/aromatic N) is 1. The Morgan fingerprint density at radius 3 is 2.71 bits per heavy atom. The SMILES string of the molecule is CC[C@@H](C)N1C(=O)c2ccccc2N[C@H]1c1ccc(OC)c(Br)c1. The lowest BCUT2D eigenvalue weighted by Gasteiger charge is -2.41. The summed E-state index contributed by atoms with van der Waals surface area (Å²) in [6, 6.07) is 13.7. The Morgan fingerprint density at radius 1 is 1.29 bits per heavy atom. The summed E-state index contributed by atoms with van der Waals surface area (Å²) in [6.45, 7) is 4.18. The van der Waals surface area contributed by atoms with Crippen LogP contribution in [0.3, 0.4) is 0 Å². The molecule has 0 fully saturated rings. The lowest BCUT2D eigenvalue weighted by Crippen LogP contribution is -2.47. The molecule has 1 amide bonds. The number of hydrogen-bond donors (Lipinski definition) is 1. The van der Waals surface area contributed by atoms with Crippen LogP contribution in [-0.2, 0) is 0 Å². The highest BCUT2D eigenvalue weighted by atomic mass is 79.9. The van der Waals surface area contributed by atoms with Crippen molar-refractivity contribution in [3.05, 3.63) is 58.1 Å². The number of para-hydroxylation sites is 1. The lowest BCUT2D eigenvalue weighted by atomic mass is 10.0. The maximum absolute atomic E-state index is 13.1. The average molecular weight is 389 g/mol. The molecular formula is C19H21BrN2O2. The Morgan fingerprint density at radius 2 is 2.04 bits per heavy atom. The number of benzene rings is 2. The molecule has 0 spiro atoms. The third-order valence-electron chi connectivity index (χ3n) is 4.52. The van der Waals surface area contributed by atoms with Gasteiger partial charge in [-0.2, -0.15) is 0 Å². The van der Waals surface area contributed by atoms with Gasteiger partial charge in [0.25, 0.3) is 5.91 Å². The molecule has 24 heavy (non-hydrogen) atoms. The summed E-state index contributed by atoms with van der Waals surface area (Å²) in [4.78, 5) is 15.0. The quantitative estimate of drug-likeness (QED) is 0.815. The summed E-state index contributed by atoms with van der Waals surface area (Å²) in [5.74, 6) is 0.840. The first-order valence-corrected chi connectivity index (χ1v) is 8.87. The fourth-order valence-electron chi connectivity index (χ4n) is 3.02. The van der Waals surface area contributed by atoms with E-state index in [1.807, 2.05) is 47.4 Å². The molecule has 0 aliphatic carbocycles. The summed E-state index contributed by atoms with van der Waals surface area (Å²) >= 11 is 3.54. The molecule has 1 aliphatic rings. The van der Waals surface area contributed by atoms with Gasteiger partial charge in [-0.25, -0.2) is 0 Å². The zero-order valence-electron chi connectivity index (χ0n) is 14.0. The highest BCUT2D eigenvalue weighted by molar-refractivity contribution is 9.10. The number of nitrogens with one attached hydrogen (secondary N) is 1. The molecule has 2 aromatic rings. The van der Waals surface area contributed by atoms with Crippen molar-refractivity contribution in [1.82, 2.24) is 4.90 Å². The topological polar surface area (TPSA) is 41.6 Å². The van der Waals surface area contributed by atoms with Crippen LogP contribution in [0, 0.1) is 0 Å². The van der Waals surface area contributed by atoms with E-state index in [-0.39, 0.29) is 18.1 Å². The standard InChI is InChI=1S/C19H21BrN2O2/c1-4-12(2)22-18(13-9-10-17(24-3)15(20)11-13)21-16-8-6-5-7-14(16)19(22)23/h5-12,18,21H,4H2,1-3H3/t12-,18-/m1/s1. The fourth-order valence-corrected chi connectivity index (χ4v) is 3.58. The van der Waals surface area contributed by atoms with Crippen LogP contribution in [0.2, 0.25) is 0 Å². The summed E-state index contributed by atoms with van der Waals surface area (Å²) in [5.41, 5.74) is 2.62. The number of methoxy groups -OCH3 is 1. The van der Waals surface area contributed by atoms with E-state index in [0.29, 0.717) is 0 Å². The lowest BCUT2D eigenvalue weighted by molar-refractivity contribution is 0.0593. The second-order valence-corrected chi connectivity index (χ2v) is 6.81. The van der Waals surface area contributed by atoms with Crippen molar-refractivity contribution >= 4 is 27.5 Å². The van der Waals surface area contributed by atoms with Crippen LogP contribution in [0.25, 0.3) is 0 Å². The van der Waals surface area contributed by atoms with Crippen molar-refractivity contribution in [1.29, 1.82) is 0 Å². The van der Waals surface area contributed by atoms with Crippen molar-refractivity contribution in [2.45, 2.75) is 32.5 Å². The second kappa shape index (κ2) is 6.85. The fraction of sp³-hybridized carbons (Fsp3) is 0.316. The summed E-state index contributed by atoms with van der Waals surface area (Å²) in [7, 11) is 1.64. The van der Waals surface area contributed by atoms with Gasteiger partial charge in [0.05, 0.1) is 17.1 Å². The molecule has 5 heteroatoms. The summed E-state index contributed by atoms with van der Waals surface area (Å²) < 4.78 is 6.19. The predicted octanol–water partition coefficient (Wildman–Crippen LogP) is 4.82. The van der Waals surface area contributed by atoms with Gasteiger partial charge in [-0.15, -0.1) is 0 Å². The van der Waals surface area contributed by atoms with Crippen LogP contribution in [0.4, 0.5) is 5.69 Å². The van der Waals surface area contributed by atoms with Gasteiger partial charge in [-0.05, 0) is 59.1 Å². The van der Waals surface area contributed by atoms with E-state index in [1.54, 1.807) is 7.11 Å². The Bertz CT molecular complexity index is 763. The number of halogens is 1. The van der Waals surface area contributed by atoms with Crippen LogP contribution in [0.1, 0.15) is 42.4 Å². The minimum atomic E-state index is -0.204. The van der Waals surface area contributed by atoms with Gasteiger partial charge in [0.1, 0.15) is 11.9 Å². The maximum atomic E-state index is 13.1. The third-order valence-corrected chi connectivity index (χ3v) is 5.14. The number of carbonyl (C=O) groups is 1. The molecule has 0 saturated carbocycles. The number of carbonyl (C=O) groups excluding carboxylic acids is 1. The Balaban J connectivity index is 2.07. The van der Waals surface area contributed by atoms with E-state index < -0.39 is 0 Å². The van der Waals surface area contributed by atoms with E-state index in [2.05, 4.69) is 35.1 Å². The van der Waals surface area contributed by atoms with E-state index in [1.165, 1.54) is 0 Å². The van der Waals surface area contributed by atoms with Crippen molar-refractivity contribution in [3.63, 3.8) is 0 Å². The molecule has 1 aliphatic heterocycles. The number of fused-ring (bicyclic) bond motifs is 1. The van der Waals surface area contributed by atoms with E-state index in [9.17, 15) is 4.79 Å². The van der Waals surface area contributed by atoms with Crippen LogP contribution in [0.15, 0.2) is 46.9 Å². The van der Waals surface area contributed by atoms with Crippen molar-refractivity contribution in [3.8, 4) is 5.75 Å². The predicted molar refractivity (Wildman–Crippen MR) is 99.4 cm³/mol. The van der Waals surface area contributed by atoms with Crippen molar-refractivity contribution in [2.24, 2.45) is 0 Å². The Labute approximate surface area is 150 Å². The minimum Gasteiger partial charge on any atom is -0.496 e. The molecule has 0 aromatic heterocycles. The zero-order chi connectivity index (χ0) is 17.3. The van der Waals surface area contributed by atoms with E-state index in [0.717, 1.165) is 33.5 Å². The molecule has 3 rings (SSSR count).